The molecule has 1 aliphatic heterocycles. The summed E-state index contributed by atoms with van der Waals surface area (Å²) in [4.78, 5) is 20.8. The van der Waals surface area contributed by atoms with E-state index in [9.17, 15) is 0 Å². The summed E-state index contributed by atoms with van der Waals surface area (Å²) in [5.74, 6) is 1.78. The monoisotopic (exact) mass is 371 g/mol. The van der Waals surface area contributed by atoms with Gasteiger partial charge in [0.25, 0.3) is 0 Å². The van der Waals surface area contributed by atoms with E-state index in [1.807, 2.05) is 53.2 Å². The zero-order valence-corrected chi connectivity index (χ0v) is 15.5. The molecular weight excluding hydrogens is 350 g/mol. The Bertz CT molecular complexity index is 1110. The molecule has 0 bridgehead atoms. The molecule has 4 aromatic rings. The first kappa shape index (κ1) is 16.7. The second-order valence-electron chi connectivity index (χ2n) is 6.99. The third kappa shape index (κ3) is 2.94. The van der Waals surface area contributed by atoms with Crippen molar-refractivity contribution >= 4 is 17.5 Å². The van der Waals surface area contributed by atoms with Crippen LogP contribution in [0.1, 0.15) is 19.3 Å². The predicted octanol–water partition coefficient (Wildman–Crippen LogP) is 3.43. The number of nitrogens with zero attached hydrogens (tertiary/aromatic N) is 6. The molecule has 140 valence electrons. The molecule has 5 rings (SSSR count). The number of hydrogen-bond acceptors (Lipinski definition) is 6. The Morgan fingerprint density at radius 2 is 1.68 bits per heavy atom. The minimum atomic E-state index is 0.445. The van der Waals surface area contributed by atoms with Gasteiger partial charge in [0.2, 0.25) is 11.7 Å². The number of piperidine rings is 1. The number of anilines is 2. The number of fused-ring (bicyclic) bond motifs is 1. The number of benzene rings is 1. The first-order valence-electron chi connectivity index (χ1n) is 9.58. The summed E-state index contributed by atoms with van der Waals surface area (Å²) in [7, 11) is 0. The van der Waals surface area contributed by atoms with E-state index in [-0.39, 0.29) is 0 Å². The van der Waals surface area contributed by atoms with Gasteiger partial charge in [-0.2, -0.15) is 4.98 Å². The summed E-state index contributed by atoms with van der Waals surface area (Å²) in [6.07, 6.45) is 7.36. The van der Waals surface area contributed by atoms with E-state index >= 15 is 0 Å². The van der Waals surface area contributed by atoms with Crippen LogP contribution in [0.25, 0.3) is 28.4 Å². The molecule has 7 nitrogen and oxygen atoms in total. The second-order valence-corrected chi connectivity index (χ2v) is 6.99. The summed E-state index contributed by atoms with van der Waals surface area (Å²) in [5, 5.41) is 0. The average molecular weight is 371 g/mol. The lowest BCUT2D eigenvalue weighted by molar-refractivity contribution is 0.568. The first-order chi connectivity index (χ1) is 13.8. The molecule has 1 saturated heterocycles. The fraction of sp³-hybridized carbons (Fsp3) is 0.238. The molecule has 1 aromatic carbocycles. The van der Waals surface area contributed by atoms with Crippen LogP contribution in [0, 0.1) is 0 Å². The van der Waals surface area contributed by atoms with Crippen LogP contribution < -0.4 is 10.6 Å². The van der Waals surface area contributed by atoms with Gasteiger partial charge in [-0.25, -0.2) is 15.0 Å². The van der Waals surface area contributed by atoms with Crippen molar-refractivity contribution in [2.45, 2.75) is 19.3 Å². The van der Waals surface area contributed by atoms with Crippen LogP contribution in [-0.4, -0.2) is 37.4 Å². The SMILES string of the molecule is Nc1ccn2c(-c3ccnc(N4CCCCC4)n3)c(-c3ccccc3)nc2n1. The smallest absolute Gasteiger partial charge is 0.236 e. The minimum Gasteiger partial charge on any atom is -0.384 e. The van der Waals surface area contributed by atoms with Gasteiger partial charge in [0, 0.05) is 31.0 Å². The molecule has 7 heteroatoms. The van der Waals surface area contributed by atoms with Crippen molar-refractivity contribution < 1.29 is 0 Å². The van der Waals surface area contributed by atoms with Gasteiger partial charge in [0.1, 0.15) is 17.2 Å². The molecule has 1 aliphatic rings. The standard InChI is InChI=1S/C21H21N7/c22-17-10-14-28-19(18(26-21(28)25-17)15-7-3-1-4-8-15)16-9-11-23-20(24-16)27-12-5-2-6-13-27/h1,3-4,7-11,14H,2,5-6,12-13H2,(H2,22,25,26). The number of nitrogens with two attached hydrogens (primary N) is 1. The van der Waals surface area contributed by atoms with Crippen molar-refractivity contribution in [3.8, 4) is 22.6 Å². The summed E-state index contributed by atoms with van der Waals surface area (Å²) >= 11 is 0. The topological polar surface area (TPSA) is 85.2 Å². The highest BCUT2D eigenvalue weighted by Gasteiger charge is 2.20. The highest BCUT2D eigenvalue weighted by Crippen LogP contribution is 2.32. The van der Waals surface area contributed by atoms with E-state index in [1.54, 1.807) is 6.07 Å². The predicted molar refractivity (Wildman–Crippen MR) is 110 cm³/mol. The molecule has 0 atom stereocenters. The minimum absolute atomic E-state index is 0.445. The maximum absolute atomic E-state index is 5.89. The quantitative estimate of drug-likeness (QED) is 0.594. The Kier molecular flexibility index (Phi) is 4.12. The van der Waals surface area contributed by atoms with Gasteiger partial charge >= 0.3 is 0 Å². The van der Waals surface area contributed by atoms with Crippen molar-refractivity contribution in [2.24, 2.45) is 0 Å². The average Bonchev–Trinajstić information content (AvgIpc) is 3.13. The highest BCUT2D eigenvalue weighted by atomic mass is 15.3. The number of hydrogen-bond donors (Lipinski definition) is 1. The maximum Gasteiger partial charge on any atom is 0.236 e. The van der Waals surface area contributed by atoms with Gasteiger partial charge in [-0.1, -0.05) is 30.3 Å². The van der Waals surface area contributed by atoms with Gasteiger partial charge in [-0.3, -0.25) is 4.40 Å². The second kappa shape index (κ2) is 6.92. The molecule has 0 aliphatic carbocycles. The third-order valence-corrected chi connectivity index (χ3v) is 5.09. The lowest BCUT2D eigenvalue weighted by atomic mass is 10.1. The van der Waals surface area contributed by atoms with Crippen molar-refractivity contribution in [2.75, 3.05) is 23.7 Å². The molecule has 0 radical (unpaired) electrons. The lowest BCUT2D eigenvalue weighted by Crippen LogP contribution is -2.31. The lowest BCUT2D eigenvalue weighted by Gasteiger charge is -2.26. The fourth-order valence-corrected chi connectivity index (χ4v) is 3.71. The molecule has 28 heavy (non-hydrogen) atoms. The molecule has 0 unspecified atom stereocenters. The van der Waals surface area contributed by atoms with Gasteiger partial charge in [-0.15, -0.1) is 0 Å². The molecule has 2 N–H and O–H groups in total. The van der Waals surface area contributed by atoms with E-state index < -0.39 is 0 Å². The molecule has 3 aromatic heterocycles. The van der Waals surface area contributed by atoms with Gasteiger partial charge < -0.3 is 10.6 Å². The molecule has 0 amide bonds. The summed E-state index contributed by atoms with van der Waals surface area (Å²) < 4.78 is 1.95. The Morgan fingerprint density at radius 3 is 2.50 bits per heavy atom. The normalized spacial score (nSPS) is 14.5. The molecule has 1 fully saturated rings. The summed E-state index contributed by atoms with van der Waals surface area (Å²) in [6.45, 7) is 2.00. The molecule has 0 saturated carbocycles. The Labute approximate surface area is 162 Å². The van der Waals surface area contributed by atoms with Crippen LogP contribution in [-0.2, 0) is 0 Å². The van der Waals surface area contributed by atoms with Crippen LogP contribution in [0.3, 0.4) is 0 Å². The van der Waals surface area contributed by atoms with Crippen LogP contribution in [0.15, 0.2) is 54.9 Å². The van der Waals surface area contributed by atoms with Crippen molar-refractivity contribution in [3.05, 3.63) is 54.9 Å². The largest absolute Gasteiger partial charge is 0.384 e. The van der Waals surface area contributed by atoms with Gasteiger partial charge in [-0.05, 0) is 31.4 Å². The van der Waals surface area contributed by atoms with Crippen LogP contribution >= 0.6 is 0 Å². The van der Waals surface area contributed by atoms with Crippen molar-refractivity contribution in [3.63, 3.8) is 0 Å². The van der Waals surface area contributed by atoms with Crippen LogP contribution in [0.4, 0.5) is 11.8 Å². The van der Waals surface area contributed by atoms with Crippen LogP contribution in [0.2, 0.25) is 0 Å². The molecule has 4 heterocycles. The third-order valence-electron chi connectivity index (χ3n) is 5.09. The number of imidazole rings is 1. The van der Waals surface area contributed by atoms with E-state index in [4.69, 9.17) is 15.7 Å². The number of rotatable bonds is 3. The highest BCUT2D eigenvalue weighted by molar-refractivity contribution is 5.80. The van der Waals surface area contributed by atoms with E-state index in [0.717, 1.165) is 41.7 Å². The first-order valence-corrected chi connectivity index (χ1v) is 9.58. The van der Waals surface area contributed by atoms with Crippen LogP contribution in [0.5, 0.6) is 0 Å². The molecular formula is C21H21N7. The zero-order chi connectivity index (χ0) is 18.9. The van der Waals surface area contributed by atoms with Gasteiger partial charge in [0.15, 0.2) is 0 Å². The van der Waals surface area contributed by atoms with Crippen molar-refractivity contribution in [1.82, 2.24) is 24.3 Å². The molecule has 0 spiro atoms. The van der Waals surface area contributed by atoms with E-state index in [2.05, 4.69) is 14.9 Å². The van der Waals surface area contributed by atoms with Gasteiger partial charge in [0.05, 0.1) is 5.69 Å². The summed E-state index contributed by atoms with van der Waals surface area (Å²) in [5.41, 5.74) is 9.46. The maximum atomic E-state index is 5.89. The zero-order valence-electron chi connectivity index (χ0n) is 15.5. The van der Waals surface area contributed by atoms with E-state index in [0.29, 0.717) is 11.6 Å². The fourth-order valence-electron chi connectivity index (χ4n) is 3.71. The number of nitrogen functional groups attached to an aromatic ring is 1. The number of aromatic nitrogens is 5. The van der Waals surface area contributed by atoms with Crippen molar-refractivity contribution in [1.29, 1.82) is 0 Å². The summed E-state index contributed by atoms with van der Waals surface area (Å²) in [6, 6.07) is 13.8. The Hall–Kier alpha value is -3.48. The van der Waals surface area contributed by atoms with E-state index in [1.165, 1.54) is 19.3 Å². The Morgan fingerprint density at radius 1 is 0.857 bits per heavy atom. The Balaban J connectivity index is 1.69.